The third-order valence-electron chi connectivity index (χ3n) is 6.74. The predicted octanol–water partition coefficient (Wildman–Crippen LogP) is 2.32. The van der Waals surface area contributed by atoms with Gasteiger partial charge in [0.15, 0.2) is 5.65 Å². The Bertz CT molecular complexity index is 1630. The van der Waals surface area contributed by atoms with Crippen LogP contribution in [0.4, 0.5) is 5.69 Å². The number of carbonyl (C=O) groups excluding carboxylic acids is 1. The number of nitrogens with zero attached hydrogens (tertiary/aromatic N) is 6. The van der Waals surface area contributed by atoms with Crippen molar-refractivity contribution in [3.05, 3.63) is 63.1 Å². The Morgan fingerprint density at radius 3 is 2.47 bits per heavy atom. The van der Waals surface area contributed by atoms with Gasteiger partial charge in [-0.25, -0.2) is 14.6 Å². The lowest BCUT2D eigenvalue weighted by Gasteiger charge is -2.17. The van der Waals surface area contributed by atoms with E-state index in [1.54, 1.807) is 38.7 Å². The third-order valence-corrected chi connectivity index (χ3v) is 6.74. The number of fused-ring (bicyclic) bond motifs is 1. The summed E-state index contributed by atoms with van der Waals surface area (Å²) < 4.78 is 4.53. The van der Waals surface area contributed by atoms with Gasteiger partial charge in [0.25, 0.3) is 5.56 Å². The van der Waals surface area contributed by atoms with E-state index < -0.39 is 5.97 Å². The number of aromatic carboxylic acids is 1. The summed E-state index contributed by atoms with van der Waals surface area (Å²) in [7, 11) is 0. The second kappa shape index (κ2) is 10.1. The number of nitrogens with one attached hydrogen (secondary N) is 1. The number of carboxylic acids is 1. The van der Waals surface area contributed by atoms with Crippen LogP contribution in [0.2, 0.25) is 0 Å². The van der Waals surface area contributed by atoms with E-state index in [2.05, 4.69) is 15.1 Å². The summed E-state index contributed by atoms with van der Waals surface area (Å²) in [5.41, 5.74) is 1.39. The maximum atomic E-state index is 13.0. The van der Waals surface area contributed by atoms with Crippen LogP contribution >= 0.6 is 0 Å². The first-order valence-corrected chi connectivity index (χ1v) is 12.7. The summed E-state index contributed by atoms with van der Waals surface area (Å²) >= 11 is 0. The molecule has 1 saturated heterocycles. The molecule has 38 heavy (non-hydrogen) atoms. The number of benzene rings is 1. The smallest absolute Gasteiger partial charge is 0.335 e. The number of carbonyl (C=O) groups is 2. The van der Waals surface area contributed by atoms with Crippen molar-refractivity contribution in [2.75, 3.05) is 11.4 Å². The normalized spacial score (nSPS) is 15.6. The van der Waals surface area contributed by atoms with Crippen LogP contribution in [0.15, 0.2) is 46.2 Å². The molecule has 12 nitrogen and oxygen atoms in total. The van der Waals surface area contributed by atoms with E-state index in [1.165, 1.54) is 16.7 Å². The van der Waals surface area contributed by atoms with Crippen LogP contribution in [-0.2, 0) is 24.4 Å². The number of hydrogen-bond acceptors (Lipinski definition) is 6. The molecule has 1 amide bonds. The summed E-state index contributed by atoms with van der Waals surface area (Å²) in [5.74, 6) is -0.577. The SMILES string of the molecule is CCCn1c(=O)c2[nH]c(-c3cnn(CC4CC(=O)N(c5ccc(C(=O)O)cc5)C4)c3)nc2n(CCC)c1=O. The van der Waals surface area contributed by atoms with Gasteiger partial charge in [-0.05, 0) is 37.1 Å². The van der Waals surface area contributed by atoms with Gasteiger partial charge in [-0.15, -0.1) is 0 Å². The van der Waals surface area contributed by atoms with Gasteiger partial charge in [0.2, 0.25) is 5.91 Å². The fraction of sp³-hybridized carbons (Fsp3) is 0.385. The first-order chi connectivity index (χ1) is 18.3. The van der Waals surface area contributed by atoms with Crippen molar-refractivity contribution in [1.82, 2.24) is 28.9 Å². The summed E-state index contributed by atoms with van der Waals surface area (Å²) in [4.78, 5) is 59.0. The van der Waals surface area contributed by atoms with Gasteiger partial charge >= 0.3 is 11.7 Å². The zero-order valence-electron chi connectivity index (χ0n) is 21.3. The molecule has 0 radical (unpaired) electrons. The van der Waals surface area contributed by atoms with Crippen LogP contribution in [0, 0.1) is 5.92 Å². The van der Waals surface area contributed by atoms with Gasteiger partial charge in [0, 0.05) is 50.4 Å². The summed E-state index contributed by atoms with van der Waals surface area (Å²) in [6, 6.07) is 6.26. The number of anilines is 1. The Morgan fingerprint density at radius 2 is 1.79 bits per heavy atom. The maximum Gasteiger partial charge on any atom is 0.335 e. The van der Waals surface area contributed by atoms with Crippen LogP contribution in [0.5, 0.6) is 0 Å². The van der Waals surface area contributed by atoms with Gasteiger partial charge in [-0.3, -0.25) is 23.4 Å². The molecular weight excluding hydrogens is 490 g/mol. The van der Waals surface area contributed by atoms with Crippen LogP contribution in [0.25, 0.3) is 22.6 Å². The van der Waals surface area contributed by atoms with E-state index in [9.17, 15) is 19.2 Å². The molecule has 0 bridgehead atoms. The Kier molecular flexibility index (Phi) is 6.70. The molecule has 5 rings (SSSR count). The number of hydrogen-bond donors (Lipinski definition) is 2. The lowest BCUT2D eigenvalue weighted by atomic mass is 10.1. The Morgan fingerprint density at radius 1 is 1.08 bits per heavy atom. The van der Waals surface area contributed by atoms with E-state index in [1.807, 2.05) is 13.8 Å². The van der Waals surface area contributed by atoms with Crippen molar-refractivity contribution in [3.63, 3.8) is 0 Å². The molecule has 0 aliphatic carbocycles. The zero-order valence-corrected chi connectivity index (χ0v) is 21.3. The molecule has 1 unspecified atom stereocenters. The van der Waals surface area contributed by atoms with Crippen LogP contribution in [-0.4, -0.2) is 52.4 Å². The second-order valence-electron chi connectivity index (χ2n) is 9.55. The fourth-order valence-corrected chi connectivity index (χ4v) is 4.94. The molecule has 1 fully saturated rings. The van der Waals surface area contributed by atoms with Crippen molar-refractivity contribution in [2.45, 2.75) is 52.7 Å². The lowest BCUT2D eigenvalue weighted by molar-refractivity contribution is -0.117. The first-order valence-electron chi connectivity index (χ1n) is 12.7. The molecule has 1 aliphatic heterocycles. The fourth-order valence-electron chi connectivity index (χ4n) is 4.94. The van der Waals surface area contributed by atoms with Crippen molar-refractivity contribution in [3.8, 4) is 11.4 Å². The number of carboxylic acid groups (broad SMARTS) is 1. The molecular formula is C26H29N7O5. The van der Waals surface area contributed by atoms with Crippen LogP contribution in [0.1, 0.15) is 43.5 Å². The highest BCUT2D eigenvalue weighted by Crippen LogP contribution is 2.27. The number of aryl methyl sites for hydroxylation is 1. The summed E-state index contributed by atoms with van der Waals surface area (Å²) in [6.45, 7) is 5.66. The lowest BCUT2D eigenvalue weighted by Crippen LogP contribution is -2.40. The predicted molar refractivity (Wildman–Crippen MR) is 140 cm³/mol. The Balaban J connectivity index is 1.37. The molecule has 198 valence electrons. The Hall–Kier alpha value is -4.48. The van der Waals surface area contributed by atoms with Gasteiger partial charge in [-0.2, -0.15) is 5.10 Å². The maximum absolute atomic E-state index is 13.0. The van der Waals surface area contributed by atoms with Crippen LogP contribution in [0.3, 0.4) is 0 Å². The minimum absolute atomic E-state index is 0.0149. The highest BCUT2D eigenvalue weighted by Gasteiger charge is 2.31. The average Bonchev–Trinajstić information content (AvgIpc) is 3.63. The highest BCUT2D eigenvalue weighted by atomic mass is 16.4. The molecule has 12 heteroatoms. The minimum Gasteiger partial charge on any atom is -0.478 e. The van der Waals surface area contributed by atoms with Gasteiger partial charge < -0.3 is 15.0 Å². The molecule has 1 aliphatic rings. The Labute approximate surface area is 217 Å². The van der Waals surface area contributed by atoms with Gasteiger partial charge in [0.1, 0.15) is 11.3 Å². The van der Waals surface area contributed by atoms with Crippen molar-refractivity contribution >= 4 is 28.7 Å². The summed E-state index contributed by atoms with van der Waals surface area (Å²) in [6.07, 6.45) is 5.18. The summed E-state index contributed by atoms with van der Waals surface area (Å²) in [5, 5.41) is 13.5. The number of aromatic nitrogens is 6. The zero-order chi connectivity index (χ0) is 27.0. The molecule has 0 spiro atoms. The molecule has 4 heterocycles. The van der Waals surface area contributed by atoms with Crippen LogP contribution < -0.4 is 16.1 Å². The molecule has 0 saturated carbocycles. The monoisotopic (exact) mass is 519 g/mol. The molecule has 1 aromatic carbocycles. The number of amides is 1. The largest absolute Gasteiger partial charge is 0.478 e. The molecule has 2 N–H and O–H groups in total. The topological polar surface area (TPSA) is 148 Å². The van der Waals surface area contributed by atoms with Crippen molar-refractivity contribution in [1.29, 1.82) is 0 Å². The third kappa shape index (κ3) is 4.53. The quantitative estimate of drug-likeness (QED) is 0.345. The van der Waals surface area contributed by atoms with Gasteiger partial charge in [0.05, 0.1) is 17.3 Å². The molecule has 4 aromatic rings. The average molecular weight is 520 g/mol. The van der Waals surface area contributed by atoms with Crippen molar-refractivity contribution < 1.29 is 14.7 Å². The number of aromatic amines is 1. The van der Waals surface area contributed by atoms with E-state index in [0.717, 1.165) is 6.42 Å². The first kappa shape index (κ1) is 25.2. The van der Waals surface area contributed by atoms with E-state index in [4.69, 9.17) is 5.11 Å². The second-order valence-corrected chi connectivity index (χ2v) is 9.55. The minimum atomic E-state index is -1.01. The molecule has 1 atom stereocenters. The van der Waals surface area contributed by atoms with E-state index in [-0.39, 0.29) is 28.6 Å². The van der Waals surface area contributed by atoms with E-state index in [0.29, 0.717) is 67.3 Å². The number of imidazole rings is 1. The highest BCUT2D eigenvalue weighted by molar-refractivity contribution is 5.96. The van der Waals surface area contributed by atoms with E-state index >= 15 is 0 Å². The van der Waals surface area contributed by atoms with Crippen molar-refractivity contribution in [2.24, 2.45) is 5.92 Å². The van der Waals surface area contributed by atoms with Gasteiger partial charge in [-0.1, -0.05) is 13.8 Å². The number of H-pyrrole nitrogens is 1. The molecule has 3 aromatic heterocycles. The number of rotatable bonds is 9. The standard InChI is InChI=1S/C26H29N7O5/c1-3-9-31-23-21(24(35)32(10-4-2)26(31)38)28-22(29-23)18-12-27-30(15-18)13-16-11-20(34)33(14-16)19-7-5-17(6-8-19)25(36)37/h5-8,12,15-16H,3-4,9-11,13-14H2,1-2H3,(H,28,29)(H,36,37).